The van der Waals surface area contributed by atoms with Crippen LogP contribution < -0.4 is 10.6 Å². The number of nitrogens with one attached hydrogen (secondary N) is 2. The maximum absolute atomic E-state index is 5.59. The molecule has 2 heterocycles. The van der Waals surface area contributed by atoms with Crippen LogP contribution in [0.3, 0.4) is 0 Å². The van der Waals surface area contributed by atoms with Crippen LogP contribution in [0.5, 0.6) is 0 Å². The van der Waals surface area contributed by atoms with Crippen molar-refractivity contribution in [2.24, 2.45) is 0 Å². The van der Waals surface area contributed by atoms with Gasteiger partial charge < -0.3 is 9.80 Å². The second-order valence-corrected chi connectivity index (χ2v) is 9.82. The summed E-state index contributed by atoms with van der Waals surface area (Å²) in [5.41, 5.74) is 9.41. The summed E-state index contributed by atoms with van der Waals surface area (Å²) in [4.78, 5) is 6.98. The van der Waals surface area contributed by atoms with E-state index < -0.39 is 0 Å². The third-order valence-electron chi connectivity index (χ3n) is 8.08. The van der Waals surface area contributed by atoms with E-state index in [1.54, 1.807) is 0 Å². The zero-order chi connectivity index (χ0) is 25.0. The average molecular weight is 472 g/mol. The van der Waals surface area contributed by atoms with E-state index in [4.69, 9.17) is 6.42 Å². The Labute approximate surface area is 212 Å². The minimum Gasteiger partial charge on any atom is -0.368 e. The second-order valence-electron chi connectivity index (χ2n) is 9.82. The predicted molar refractivity (Wildman–Crippen MR) is 146 cm³/mol. The summed E-state index contributed by atoms with van der Waals surface area (Å²) in [5, 5.41) is 7.27. The number of aryl methyl sites for hydroxylation is 3. The van der Waals surface area contributed by atoms with Gasteiger partial charge in [-0.15, -0.1) is 0 Å². The van der Waals surface area contributed by atoms with Crippen molar-refractivity contribution >= 4 is 5.70 Å². The van der Waals surface area contributed by atoms with E-state index in [2.05, 4.69) is 97.4 Å². The monoisotopic (exact) mass is 471 g/mol. The van der Waals surface area contributed by atoms with Crippen molar-refractivity contribution in [3.05, 3.63) is 76.4 Å². The summed E-state index contributed by atoms with van der Waals surface area (Å²) < 4.78 is 0. The largest absolute Gasteiger partial charge is 0.368 e. The Kier molecular flexibility index (Phi) is 7.86. The summed E-state index contributed by atoms with van der Waals surface area (Å²) in [7, 11) is 4.13. The van der Waals surface area contributed by atoms with E-state index >= 15 is 0 Å². The van der Waals surface area contributed by atoms with Crippen LogP contribution in [0.15, 0.2) is 43.0 Å². The summed E-state index contributed by atoms with van der Waals surface area (Å²) in [6.07, 6.45) is 8.66. The molecule has 0 aromatic heterocycles. The van der Waals surface area contributed by atoms with E-state index in [-0.39, 0.29) is 5.79 Å². The molecule has 186 valence electrons. The maximum Gasteiger partial charge on any atom is 0.126 e. The fourth-order valence-electron chi connectivity index (χ4n) is 5.67. The van der Waals surface area contributed by atoms with Gasteiger partial charge in [0.25, 0.3) is 0 Å². The molecule has 2 aliphatic heterocycles. The Bertz CT molecular complexity index is 1090. The van der Waals surface area contributed by atoms with E-state index in [0.29, 0.717) is 0 Å². The van der Waals surface area contributed by atoms with Crippen LogP contribution >= 0.6 is 0 Å². The van der Waals surface area contributed by atoms with Gasteiger partial charge in [0, 0.05) is 56.6 Å². The topological polar surface area (TPSA) is 33.8 Å². The molecule has 0 spiro atoms. The lowest BCUT2D eigenvalue weighted by atomic mass is 9.98. The molecule has 2 aliphatic rings. The van der Waals surface area contributed by atoms with E-state index in [0.717, 1.165) is 64.2 Å². The Morgan fingerprint density at radius 3 is 2.49 bits per heavy atom. The molecule has 2 aromatic rings. The molecule has 0 radical (unpaired) electrons. The lowest BCUT2D eigenvalue weighted by molar-refractivity contribution is 0.0235. The van der Waals surface area contributed by atoms with Crippen molar-refractivity contribution in [1.29, 1.82) is 0 Å². The third kappa shape index (κ3) is 5.11. The highest BCUT2D eigenvalue weighted by molar-refractivity contribution is 5.67. The second kappa shape index (κ2) is 10.9. The molecule has 0 atom stereocenters. The van der Waals surface area contributed by atoms with Gasteiger partial charge >= 0.3 is 0 Å². The quantitative estimate of drug-likeness (QED) is 0.430. The summed E-state index contributed by atoms with van der Waals surface area (Å²) in [6.45, 7) is 14.4. The molecular weight excluding hydrogens is 430 g/mol. The lowest BCUT2D eigenvalue weighted by Gasteiger charge is -2.42. The Morgan fingerprint density at radius 2 is 1.83 bits per heavy atom. The lowest BCUT2D eigenvalue weighted by Crippen LogP contribution is -2.64. The first-order chi connectivity index (χ1) is 16.9. The highest BCUT2D eigenvalue weighted by Gasteiger charge is 2.38. The number of rotatable bonds is 9. The Hall–Kier alpha value is -2.78. The Balaban J connectivity index is 1.51. The van der Waals surface area contributed by atoms with Gasteiger partial charge in [0.2, 0.25) is 0 Å². The zero-order valence-corrected chi connectivity index (χ0v) is 22.0. The van der Waals surface area contributed by atoms with Crippen LogP contribution in [0.2, 0.25) is 0 Å². The van der Waals surface area contributed by atoms with Crippen molar-refractivity contribution < 1.29 is 0 Å². The SMILES string of the molecule is C#CN1CCN(C(=C)c2cccc3c2CN(C(CCc2ccc(C)c(CC)c2)(NC)NC)C3)CC1. The Morgan fingerprint density at radius 1 is 1.09 bits per heavy atom. The molecular formula is C30H41N5. The van der Waals surface area contributed by atoms with Crippen LogP contribution in [0.25, 0.3) is 5.70 Å². The van der Waals surface area contributed by atoms with Gasteiger partial charge in [-0.1, -0.05) is 56.3 Å². The summed E-state index contributed by atoms with van der Waals surface area (Å²) in [5.74, 6) is -0.284. The van der Waals surface area contributed by atoms with E-state index in [9.17, 15) is 0 Å². The standard InChI is InChI=1S/C30H41N5/c1-7-26-20-25(13-12-23(26)3)14-15-30(31-5,32-6)35-21-27-10-9-11-28(29(27)22-35)24(4)34-18-16-33(8-2)17-19-34/h2,9-13,20,31-32H,4,7,14-19,21-22H2,1,3,5-6H3. The smallest absolute Gasteiger partial charge is 0.126 e. The van der Waals surface area contributed by atoms with Crippen molar-refractivity contribution in [3.8, 4) is 12.5 Å². The fraction of sp³-hybridized carbons (Fsp3) is 0.467. The predicted octanol–water partition coefficient (Wildman–Crippen LogP) is 3.78. The minimum absolute atomic E-state index is 0.284. The number of hydrogen-bond donors (Lipinski definition) is 2. The first kappa shape index (κ1) is 25.3. The number of piperazine rings is 1. The molecule has 2 N–H and O–H groups in total. The van der Waals surface area contributed by atoms with Gasteiger partial charge in [-0.05, 0) is 68.1 Å². The van der Waals surface area contributed by atoms with Crippen molar-refractivity contribution in [2.75, 3.05) is 40.3 Å². The number of fused-ring (bicyclic) bond motifs is 1. The molecule has 35 heavy (non-hydrogen) atoms. The summed E-state index contributed by atoms with van der Waals surface area (Å²) >= 11 is 0. The zero-order valence-electron chi connectivity index (χ0n) is 22.0. The normalized spacial score (nSPS) is 16.3. The van der Waals surface area contributed by atoms with Crippen molar-refractivity contribution in [2.45, 2.75) is 52.0 Å². The molecule has 2 aromatic carbocycles. The number of benzene rings is 2. The average Bonchev–Trinajstić information content (AvgIpc) is 3.35. The molecule has 5 heteroatoms. The summed E-state index contributed by atoms with van der Waals surface area (Å²) in [6, 6.07) is 16.4. The van der Waals surface area contributed by atoms with Gasteiger partial charge in [-0.25, -0.2) is 0 Å². The molecule has 0 aliphatic carbocycles. The first-order valence-electron chi connectivity index (χ1n) is 12.9. The highest BCUT2D eigenvalue weighted by Crippen LogP contribution is 2.35. The number of hydrogen-bond acceptors (Lipinski definition) is 5. The molecule has 4 rings (SSSR count). The van der Waals surface area contributed by atoms with Crippen molar-refractivity contribution in [3.63, 3.8) is 0 Å². The highest BCUT2D eigenvalue weighted by atomic mass is 15.4. The fourth-order valence-corrected chi connectivity index (χ4v) is 5.67. The molecule has 1 fully saturated rings. The molecule has 1 saturated heterocycles. The minimum atomic E-state index is -0.284. The van der Waals surface area contributed by atoms with Crippen LogP contribution in [0, 0.1) is 19.4 Å². The van der Waals surface area contributed by atoms with Gasteiger partial charge in [0.1, 0.15) is 5.79 Å². The van der Waals surface area contributed by atoms with Crippen LogP contribution in [-0.4, -0.2) is 60.8 Å². The number of nitrogens with zero attached hydrogens (tertiary/aromatic N) is 3. The van der Waals surface area contributed by atoms with Crippen molar-refractivity contribution in [1.82, 2.24) is 25.3 Å². The third-order valence-corrected chi connectivity index (χ3v) is 8.08. The number of terminal acetylenes is 1. The molecule has 0 amide bonds. The molecule has 0 unspecified atom stereocenters. The van der Waals surface area contributed by atoms with E-state index in [1.807, 2.05) is 4.90 Å². The molecule has 0 bridgehead atoms. The van der Waals surface area contributed by atoms with Crippen LogP contribution in [0.1, 0.15) is 46.7 Å². The maximum atomic E-state index is 5.59. The van der Waals surface area contributed by atoms with Gasteiger partial charge in [-0.2, -0.15) is 0 Å². The first-order valence-corrected chi connectivity index (χ1v) is 12.9. The van der Waals surface area contributed by atoms with Gasteiger partial charge in [0.15, 0.2) is 0 Å². The van der Waals surface area contributed by atoms with Gasteiger partial charge in [0.05, 0.1) is 0 Å². The molecule has 5 nitrogen and oxygen atoms in total. The van der Waals surface area contributed by atoms with Gasteiger partial charge in [-0.3, -0.25) is 15.5 Å². The molecule has 0 saturated carbocycles. The van der Waals surface area contributed by atoms with E-state index in [1.165, 1.54) is 33.4 Å². The van der Waals surface area contributed by atoms with Crippen LogP contribution in [-0.2, 0) is 25.9 Å². The van der Waals surface area contributed by atoms with Crippen LogP contribution in [0.4, 0.5) is 0 Å².